The molecule has 1 aliphatic heterocycles. The van der Waals surface area contributed by atoms with Gasteiger partial charge in [0.1, 0.15) is 5.75 Å². The number of morpholine rings is 1. The highest BCUT2D eigenvalue weighted by molar-refractivity contribution is 5.92. The van der Waals surface area contributed by atoms with Crippen LogP contribution < -0.4 is 15.8 Å². The Bertz CT molecular complexity index is 667. The molecule has 0 bridgehead atoms. The van der Waals surface area contributed by atoms with E-state index < -0.39 is 0 Å². The third-order valence-electron chi connectivity index (χ3n) is 5.76. The molecule has 1 aromatic carbocycles. The maximum atomic E-state index is 12.7. The number of para-hydroxylation sites is 2. The molecule has 7 nitrogen and oxygen atoms in total. The molecule has 154 valence electrons. The average Bonchev–Trinajstić information content (AvgIpc) is 2.74. The Hall–Kier alpha value is -2.12. The highest BCUT2D eigenvalue weighted by Crippen LogP contribution is 2.38. The Morgan fingerprint density at radius 2 is 1.86 bits per heavy atom. The van der Waals surface area contributed by atoms with Crippen molar-refractivity contribution in [1.82, 2.24) is 4.90 Å². The Labute approximate surface area is 166 Å². The predicted molar refractivity (Wildman–Crippen MR) is 107 cm³/mol. The summed E-state index contributed by atoms with van der Waals surface area (Å²) in [6, 6.07) is 7.22. The lowest BCUT2D eigenvalue weighted by molar-refractivity contribution is -0.137. The Morgan fingerprint density at radius 1 is 1.14 bits per heavy atom. The molecule has 1 heterocycles. The lowest BCUT2D eigenvalue weighted by Gasteiger charge is -2.35. The molecule has 0 radical (unpaired) electrons. The van der Waals surface area contributed by atoms with Crippen molar-refractivity contribution >= 4 is 17.5 Å². The molecule has 28 heavy (non-hydrogen) atoms. The Kier molecular flexibility index (Phi) is 7.28. The number of rotatable bonds is 7. The van der Waals surface area contributed by atoms with Crippen molar-refractivity contribution in [3.8, 4) is 5.75 Å². The molecular weight excluding hydrogens is 358 g/mol. The van der Waals surface area contributed by atoms with Crippen LogP contribution in [-0.4, -0.2) is 56.2 Å². The molecule has 0 aromatic heterocycles. The first-order chi connectivity index (χ1) is 13.6. The van der Waals surface area contributed by atoms with Crippen molar-refractivity contribution in [3.63, 3.8) is 0 Å². The van der Waals surface area contributed by atoms with Gasteiger partial charge >= 0.3 is 0 Å². The third-order valence-corrected chi connectivity index (χ3v) is 5.76. The fourth-order valence-electron chi connectivity index (χ4n) is 4.03. The number of benzene rings is 1. The summed E-state index contributed by atoms with van der Waals surface area (Å²) in [5, 5.41) is 2.96. The zero-order valence-electron chi connectivity index (χ0n) is 16.5. The molecule has 2 aliphatic rings. The first kappa shape index (κ1) is 20.6. The quantitative estimate of drug-likeness (QED) is 0.745. The predicted octanol–water partition coefficient (Wildman–Crippen LogP) is 2.16. The summed E-state index contributed by atoms with van der Waals surface area (Å²) >= 11 is 0. The topological polar surface area (TPSA) is 93.9 Å². The monoisotopic (exact) mass is 389 g/mol. The van der Waals surface area contributed by atoms with Crippen molar-refractivity contribution in [2.45, 2.75) is 38.5 Å². The highest BCUT2D eigenvalue weighted by Gasteiger charge is 2.33. The number of nitrogens with one attached hydrogen (secondary N) is 1. The smallest absolute Gasteiger partial charge is 0.260 e. The summed E-state index contributed by atoms with van der Waals surface area (Å²) in [6.45, 7) is 2.76. The van der Waals surface area contributed by atoms with Gasteiger partial charge in [-0.05, 0) is 36.9 Å². The number of carbonyl (C=O) groups is 2. The molecular formula is C21H31N3O4. The van der Waals surface area contributed by atoms with Crippen LogP contribution in [0.15, 0.2) is 24.3 Å². The molecule has 0 atom stereocenters. The Morgan fingerprint density at radius 3 is 2.57 bits per heavy atom. The van der Waals surface area contributed by atoms with Crippen molar-refractivity contribution in [2.24, 2.45) is 11.1 Å². The largest absolute Gasteiger partial charge is 0.482 e. The summed E-state index contributed by atoms with van der Waals surface area (Å²) in [7, 11) is 0. The summed E-state index contributed by atoms with van der Waals surface area (Å²) < 4.78 is 11.0. The minimum atomic E-state index is -0.0928. The van der Waals surface area contributed by atoms with Gasteiger partial charge in [0.05, 0.1) is 18.9 Å². The van der Waals surface area contributed by atoms with Crippen LogP contribution in [0.4, 0.5) is 5.69 Å². The summed E-state index contributed by atoms with van der Waals surface area (Å²) in [5.74, 6) is 0.375. The summed E-state index contributed by atoms with van der Waals surface area (Å²) in [4.78, 5) is 26.7. The van der Waals surface area contributed by atoms with Crippen LogP contribution in [0.1, 0.15) is 38.5 Å². The van der Waals surface area contributed by atoms with E-state index in [1.807, 2.05) is 12.1 Å². The van der Waals surface area contributed by atoms with Gasteiger partial charge in [0, 0.05) is 19.5 Å². The summed E-state index contributed by atoms with van der Waals surface area (Å²) in [5.41, 5.74) is 6.50. The number of hydrogen-bond acceptors (Lipinski definition) is 5. The zero-order valence-corrected chi connectivity index (χ0v) is 16.5. The van der Waals surface area contributed by atoms with E-state index in [-0.39, 0.29) is 23.8 Å². The fraction of sp³-hybridized carbons (Fsp3) is 0.619. The standard InChI is InChI=1S/C21H31N3O4/c22-16-21(8-4-1-5-9-21)14-19(25)23-17-6-2-3-7-18(17)28-15-20(26)24-10-12-27-13-11-24/h2-3,6-7H,1,4-5,8-16,22H2,(H,23,25). The second-order valence-electron chi connectivity index (χ2n) is 7.77. The van der Waals surface area contributed by atoms with Crippen LogP contribution >= 0.6 is 0 Å². The fourth-order valence-corrected chi connectivity index (χ4v) is 4.03. The number of nitrogens with zero attached hydrogens (tertiary/aromatic N) is 1. The molecule has 2 amide bonds. The van der Waals surface area contributed by atoms with Crippen molar-refractivity contribution in [3.05, 3.63) is 24.3 Å². The van der Waals surface area contributed by atoms with E-state index in [1.54, 1.807) is 17.0 Å². The molecule has 7 heteroatoms. The maximum absolute atomic E-state index is 12.7. The van der Waals surface area contributed by atoms with Gasteiger partial charge < -0.3 is 25.4 Å². The first-order valence-corrected chi connectivity index (χ1v) is 10.2. The van der Waals surface area contributed by atoms with Crippen LogP contribution in [0.25, 0.3) is 0 Å². The number of amides is 2. The van der Waals surface area contributed by atoms with Gasteiger partial charge in [0.25, 0.3) is 5.91 Å². The minimum Gasteiger partial charge on any atom is -0.482 e. The van der Waals surface area contributed by atoms with Crippen LogP contribution in [0.5, 0.6) is 5.75 Å². The number of nitrogens with two attached hydrogens (primary N) is 1. The van der Waals surface area contributed by atoms with Crippen LogP contribution in [0.2, 0.25) is 0 Å². The number of anilines is 1. The number of hydrogen-bond donors (Lipinski definition) is 2. The number of ether oxygens (including phenoxy) is 2. The van der Waals surface area contributed by atoms with Crippen molar-refractivity contribution in [1.29, 1.82) is 0 Å². The minimum absolute atomic E-state index is 0.0529. The molecule has 0 unspecified atom stereocenters. The van der Waals surface area contributed by atoms with Gasteiger partial charge in [-0.25, -0.2) is 0 Å². The van der Waals surface area contributed by atoms with Crippen molar-refractivity contribution in [2.75, 3.05) is 44.8 Å². The van der Waals surface area contributed by atoms with Gasteiger partial charge in [-0.1, -0.05) is 31.4 Å². The maximum Gasteiger partial charge on any atom is 0.260 e. The lowest BCUT2D eigenvalue weighted by atomic mass is 9.71. The van der Waals surface area contributed by atoms with E-state index in [0.29, 0.717) is 50.7 Å². The van der Waals surface area contributed by atoms with E-state index in [1.165, 1.54) is 6.42 Å². The average molecular weight is 389 g/mol. The van der Waals surface area contributed by atoms with Gasteiger partial charge in [-0.15, -0.1) is 0 Å². The molecule has 2 fully saturated rings. The Balaban J connectivity index is 1.57. The number of carbonyl (C=O) groups excluding carboxylic acids is 2. The molecule has 1 aromatic rings. The molecule has 0 spiro atoms. The summed E-state index contributed by atoms with van der Waals surface area (Å²) in [6.07, 6.45) is 5.91. The molecule has 1 saturated heterocycles. The lowest BCUT2D eigenvalue weighted by Crippen LogP contribution is -2.43. The van der Waals surface area contributed by atoms with E-state index in [9.17, 15) is 9.59 Å². The van der Waals surface area contributed by atoms with Gasteiger partial charge in [-0.3, -0.25) is 9.59 Å². The third kappa shape index (κ3) is 5.45. The SMILES string of the molecule is NCC1(CC(=O)Nc2ccccc2OCC(=O)N2CCOCC2)CCCCC1. The van der Waals surface area contributed by atoms with E-state index in [2.05, 4.69) is 5.32 Å². The van der Waals surface area contributed by atoms with E-state index in [4.69, 9.17) is 15.2 Å². The molecule has 1 saturated carbocycles. The first-order valence-electron chi connectivity index (χ1n) is 10.2. The van der Waals surface area contributed by atoms with Crippen LogP contribution in [-0.2, 0) is 14.3 Å². The van der Waals surface area contributed by atoms with E-state index in [0.717, 1.165) is 25.7 Å². The highest BCUT2D eigenvalue weighted by atomic mass is 16.5. The van der Waals surface area contributed by atoms with Crippen LogP contribution in [0, 0.1) is 5.41 Å². The van der Waals surface area contributed by atoms with Gasteiger partial charge in [0.2, 0.25) is 5.91 Å². The van der Waals surface area contributed by atoms with Gasteiger partial charge in [0.15, 0.2) is 6.61 Å². The second kappa shape index (κ2) is 9.89. The molecule has 3 rings (SSSR count). The second-order valence-corrected chi connectivity index (χ2v) is 7.77. The van der Waals surface area contributed by atoms with Crippen molar-refractivity contribution < 1.29 is 19.1 Å². The molecule has 3 N–H and O–H groups in total. The van der Waals surface area contributed by atoms with E-state index >= 15 is 0 Å². The van der Waals surface area contributed by atoms with Gasteiger partial charge in [-0.2, -0.15) is 0 Å². The van der Waals surface area contributed by atoms with Crippen LogP contribution in [0.3, 0.4) is 0 Å². The zero-order chi connectivity index (χ0) is 19.8. The normalized spacial score (nSPS) is 19.1. The molecule has 1 aliphatic carbocycles.